The second-order valence-corrected chi connectivity index (χ2v) is 5.21. The van der Waals surface area contributed by atoms with E-state index in [1.165, 1.54) is 5.56 Å². The van der Waals surface area contributed by atoms with E-state index in [-0.39, 0.29) is 11.5 Å². The summed E-state index contributed by atoms with van der Waals surface area (Å²) in [5, 5.41) is 0. The maximum absolute atomic E-state index is 5.91. The Kier molecular flexibility index (Phi) is 5.01. The van der Waals surface area contributed by atoms with Crippen LogP contribution in [-0.4, -0.2) is 12.6 Å². The summed E-state index contributed by atoms with van der Waals surface area (Å²) in [6, 6.07) is 8.36. The van der Waals surface area contributed by atoms with Crippen molar-refractivity contribution >= 4 is 0 Å². The van der Waals surface area contributed by atoms with Crippen LogP contribution in [0.2, 0.25) is 0 Å². The summed E-state index contributed by atoms with van der Waals surface area (Å²) in [7, 11) is 0. The summed E-state index contributed by atoms with van der Waals surface area (Å²) in [5.74, 6) is 0.930. The largest absolute Gasteiger partial charge is 0.491 e. The van der Waals surface area contributed by atoms with Crippen molar-refractivity contribution in [1.29, 1.82) is 0 Å². The number of ether oxygens (including phenoxy) is 1. The van der Waals surface area contributed by atoms with E-state index in [0.717, 1.165) is 18.6 Å². The normalized spacial score (nSPS) is 14.7. The molecule has 2 heteroatoms. The molecule has 0 saturated heterocycles. The SMILES string of the molecule is CCCC(C)(CN)c1ccc(OC(C)C)cc1. The average molecular weight is 235 g/mol. The highest BCUT2D eigenvalue weighted by molar-refractivity contribution is 5.32. The van der Waals surface area contributed by atoms with Gasteiger partial charge in [0.25, 0.3) is 0 Å². The van der Waals surface area contributed by atoms with Gasteiger partial charge in [0, 0.05) is 12.0 Å². The van der Waals surface area contributed by atoms with E-state index in [2.05, 4.69) is 26.0 Å². The van der Waals surface area contributed by atoms with Crippen molar-refractivity contribution in [3.63, 3.8) is 0 Å². The molecule has 0 saturated carbocycles. The fourth-order valence-electron chi connectivity index (χ4n) is 2.12. The second-order valence-electron chi connectivity index (χ2n) is 5.21. The van der Waals surface area contributed by atoms with Crippen LogP contribution in [0.25, 0.3) is 0 Å². The van der Waals surface area contributed by atoms with Gasteiger partial charge in [-0.15, -0.1) is 0 Å². The Labute approximate surface area is 105 Å². The van der Waals surface area contributed by atoms with Crippen LogP contribution in [0.4, 0.5) is 0 Å². The predicted octanol–water partition coefficient (Wildman–Crippen LogP) is 3.49. The second kappa shape index (κ2) is 6.06. The van der Waals surface area contributed by atoms with Crippen LogP contribution in [0.5, 0.6) is 5.75 Å². The van der Waals surface area contributed by atoms with Crippen LogP contribution in [0.3, 0.4) is 0 Å². The number of rotatable bonds is 6. The molecule has 0 aliphatic carbocycles. The first-order valence-corrected chi connectivity index (χ1v) is 6.49. The van der Waals surface area contributed by atoms with Gasteiger partial charge in [0.05, 0.1) is 6.10 Å². The zero-order valence-corrected chi connectivity index (χ0v) is 11.5. The van der Waals surface area contributed by atoms with Crippen molar-refractivity contribution in [2.45, 2.75) is 52.1 Å². The highest BCUT2D eigenvalue weighted by Crippen LogP contribution is 2.29. The zero-order chi connectivity index (χ0) is 12.9. The lowest BCUT2D eigenvalue weighted by atomic mass is 9.79. The van der Waals surface area contributed by atoms with E-state index in [0.29, 0.717) is 6.54 Å². The van der Waals surface area contributed by atoms with E-state index in [4.69, 9.17) is 10.5 Å². The van der Waals surface area contributed by atoms with Gasteiger partial charge in [-0.3, -0.25) is 0 Å². The van der Waals surface area contributed by atoms with E-state index in [1.54, 1.807) is 0 Å². The van der Waals surface area contributed by atoms with Crippen molar-refractivity contribution in [3.05, 3.63) is 29.8 Å². The van der Waals surface area contributed by atoms with Crippen molar-refractivity contribution in [2.75, 3.05) is 6.54 Å². The highest BCUT2D eigenvalue weighted by Gasteiger charge is 2.23. The van der Waals surface area contributed by atoms with Crippen molar-refractivity contribution < 1.29 is 4.74 Å². The third kappa shape index (κ3) is 3.74. The number of hydrogen-bond acceptors (Lipinski definition) is 2. The smallest absolute Gasteiger partial charge is 0.119 e. The summed E-state index contributed by atoms with van der Waals surface area (Å²) in [5.41, 5.74) is 7.30. The van der Waals surface area contributed by atoms with Gasteiger partial charge in [0.15, 0.2) is 0 Å². The first-order chi connectivity index (χ1) is 8.01. The predicted molar refractivity (Wildman–Crippen MR) is 73.5 cm³/mol. The molecule has 17 heavy (non-hydrogen) atoms. The van der Waals surface area contributed by atoms with E-state index in [1.807, 2.05) is 26.0 Å². The molecule has 0 heterocycles. The third-order valence-electron chi connectivity index (χ3n) is 3.18. The molecule has 2 N–H and O–H groups in total. The summed E-state index contributed by atoms with van der Waals surface area (Å²) in [6.07, 6.45) is 2.49. The zero-order valence-electron chi connectivity index (χ0n) is 11.5. The maximum atomic E-state index is 5.91. The summed E-state index contributed by atoms with van der Waals surface area (Å²) >= 11 is 0. The van der Waals surface area contributed by atoms with Gasteiger partial charge in [0.2, 0.25) is 0 Å². The minimum Gasteiger partial charge on any atom is -0.491 e. The first-order valence-electron chi connectivity index (χ1n) is 6.49. The fraction of sp³-hybridized carbons (Fsp3) is 0.600. The number of benzene rings is 1. The molecule has 96 valence electrons. The monoisotopic (exact) mass is 235 g/mol. The summed E-state index contributed by atoms with van der Waals surface area (Å²) in [6.45, 7) is 9.19. The summed E-state index contributed by atoms with van der Waals surface area (Å²) < 4.78 is 5.64. The number of nitrogens with two attached hydrogens (primary N) is 1. The minimum absolute atomic E-state index is 0.0884. The third-order valence-corrected chi connectivity index (χ3v) is 3.18. The minimum atomic E-state index is 0.0884. The molecular formula is C15H25NO. The van der Waals surface area contributed by atoms with Gasteiger partial charge < -0.3 is 10.5 Å². The number of hydrogen-bond donors (Lipinski definition) is 1. The molecule has 1 unspecified atom stereocenters. The van der Waals surface area contributed by atoms with Crippen LogP contribution in [0, 0.1) is 0 Å². The highest BCUT2D eigenvalue weighted by atomic mass is 16.5. The standard InChI is InChI=1S/C15H25NO/c1-5-10-15(4,11-16)13-6-8-14(9-7-13)17-12(2)3/h6-9,12H,5,10-11,16H2,1-4H3. The quantitative estimate of drug-likeness (QED) is 0.819. The molecule has 0 spiro atoms. The molecule has 2 nitrogen and oxygen atoms in total. The Balaban J connectivity index is 2.85. The topological polar surface area (TPSA) is 35.2 Å². The summed E-state index contributed by atoms with van der Waals surface area (Å²) in [4.78, 5) is 0. The van der Waals surface area contributed by atoms with Gasteiger partial charge in [-0.1, -0.05) is 32.4 Å². The molecule has 0 aromatic heterocycles. The molecule has 1 rings (SSSR count). The van der Waals surface area contributed by atoms with Crippen LogP contribution in [0.15, 0.2) is 24.3 Å². The van der Waals surface area contributed by atoms with Gasteiger partial charge in [-0.05, 0) is 38.0 Å². The van der Waals surface area contributed by atoms with E-state index < -0.39 is 0 Å². The maximum Gasteiger partial charge on any atom is 0.119 e. The molecule has 0 fully saturated rings. The van der Waals surface area contributed by atoms with Crippen molar-refractivity contribution in [3.8, 4) is 5.75 Å². The molecule has 1 aromatic rings. The van der Waals surface area contributed by atoms with Gasteiger partial charge in [-0.25, -0.2) is 0 Å². The lowest BCUT2D eigenvalue weighted by molar-refractivity contribution is 0.242. The lowest BCUT2D eigenvalue weighted by Gasteiger charge is -2.28. The van der Waals surface area contributed by atoms with Crippen molar-refractivity contribution in [1.82, 2.24) is 0 Å². The van der Waals surface area contributed by atoms with Crippen LogP contribution in [0.1, 0.15) is 46.1 Å². The lowest BCUT2D eigenvalue weighted by Crippen LogP contribution is -2.31. The average Bonchev–Trinajstić information content (AvgIpc) is 2.29. The Bertz CT molecular complexity index is 331. The molecule has 0 bridgehead atoms. The molecule has 1 atom stereocenters. The molecule has 0 aliphatic heterocycles. The first kappa shape index (κ1) is 14.0. The molecule has 0 aliphatic rings. The molecule has 0 amide bonds. The van der Waals surface area contributed by atoms with Crippen molar-refractivity contribution in [2.24, 2.45) is 5.73 Å². The fourth-order valence-corrected chi connectivity index (χ4v) is 2.12. The molecule has 1 aromatic carbocycles. The van der Waals surface area contributed by atoms with Gasteiger partial charge in [-0.2, -0.15) is 0 Å². The Morgan fingerprint density at radius 1 is 1.24 bits per heavy atom. The van der Waals surface area contributed by atoms with E-state index >= 15 is 0 Å². The molecule has 0 radical (unpaired) electrons. The molecular weight excluding hydrogens is 210 g/mol. The van der Waals surface area contributed by atoms with Crippen LogP contribution in [-0.2, 0) is 5.41 Å². The van der Waals surface area contributed by atoms with Crippen LogP contribution < -0.4 is 10.5 Å². The Morgan fingerprint density at radius 3 is 2.24 bits per heavy atom. The van der Waals surface area contributed by atoms with Crippen LogP contribution >= 0.6 is 0 Å². The van der Waals surface area contributed by atoms with Gasteiger partial charge >= 0.3 is 0 Å². The van der Waals surface area contributed by atoms with Gasteiger partial charge in [0.1, 0.15) is 5.75 Å². The Hall–Kier alpha value is -1.02. The van der Waals surface area contributed by atoms with E-state index in [9.17, 15) is 0 Å². The Morgan fingerprint density at radius 2 is 1.82 bits per heavy atom.